The normalized spacial score (nSPS) is 22.9. The molecular weight excluding hydrogens is 324 g/mol. The van der Waals surface area contributed by atoms with Gasteiger partial charge in [-0.3, -0.25) is 4.79 Å². The molecular formula is C14H17BrN2O3. The van der Waals surface area contributed by atoms with Gasteiger partial charge in [0.05, 0.1) is 0 Å². The molecule has 1 saturated carbocycles. The maximum atomic E-state index is 12.7. The number of likely N-dealkylation sites (tertiary alicyclic amines) is 1. The van der Waals surface area contributed by atoms with Gasteiger partial charge in [0.2, 0.25) is 0 Å². The van der Waals surface area contributed by atoms with E-state index in [0.29, 0.717) is 24.7 Å². The predicted molar refractivity (Wildman–Crippen MR) is 76.7 cm³/mol. The molecule has 1 aromatic heterocycles. The molecule has 2 aliphatic rings. The molecule has 1 saturated heterocycles. The second kappa shape index (κ2) is 5.24. The van der Waals surface area contributed by atoms with Gasteiger partial charge in [-0.05, 0) is 54.1 Å². The molecule has 0 unspecified atom stereocenters. The number of aliphatic carboxylic acids is 1. The van der Waals surface area contributed by atoms with Gasteiger partial charge in [-0.1, -0.05) is 0 Å². The molecule has 0 radical (unpaired) electrons. The van der Waals surface area contributed by atoms with E-state index < -0.39 is 12.0 Å². The van der Waals surface area contributed by atoms with Crippen LogP contribution in [0.25, 0.3) is 0 Å². The molecule has 1 aliphatic heterocycles. The van der Waals surface area contributed by atoms with Gasteiger partial charge in [0, 0.05) is 23.3 Å². The maximum Gasteiger partial charge on any atom is 0.326 e. The Morgan fingerprint density at radius 2 is 2.00 bits per heavy atom. The quantitative estimate of drug-likeness (QED) is 0.919. The van der Waals surface area contributed by atoms with Crippen LogP contribution in [0.3, 0.4) is 0 Å². The number of halogens is 1. The first-order valence-electron chi connectivity index (χ1n) is 6.99. The van der Waals surface area contributed by atoms with Crippen molar-refractivity contribution < 1.29 is 14.7 Å². The number of carbonyl (C=O) groups excluding carboxylic acids is 1. The van der Waals surface area contributed by atoms with Crippen LogP contribution in [-0.4, -0.2) is 39.0 Å². The summed E-state index contributed by atoms with van der Waals surface area (Å²) < 4.78 is 2.86. The van der Waals surface area contributed by atoms with Crippen molar-refractivity contribution >= 4 is 27.8 Å². The Labute approximate surface area is 125 Å². The molecule has 20 heavy (non-hydrogen) atoms. The molecule has 1 N–H and O–H groups in total. The van der Waals surface area contributed by atoms with Gasteiger partial charge in [-0.15, -0.1) is 0 Å². The molecule has 1 aliphatic carbocycles. The summed E-state index contributed by atoms with van der Waals surface area (Å²) in [5.74, 6) is -1.06. The van der Waals surface area contributed by atoms with E-state index in [4.69, 9.17) is 0 Å². The highest BCUT2D eigenvalue weighted by molar-refractivity contribution is 9.10. The summed E-state index contributed by atoms with van der Waals surface area (Å²) in [6.45, 7) is 0.531. The van der Waals surface area contributed by atoms with Crippen LogP contribution in [0.15, 0.2) is 16.7 Å². The number of amides is 1. The first-order valence-corrected chi connectivity index (χ1v) is 7.78. The highest BCUT2D eigenvalue weighted by Crippen LogP contribution is 2.38. The lowest BCUT2D eigenvalue weighted by molar-refractivity contribution is -0.143. The van der Waals surface area contributed by atoms with E-state index >= 15 is 0 Å². The Bertz CT molecular complexity index is 551. The summed E-state index contributed by atoms with van der Waals surface area (Å²) in [4.78, 5) is 25.5. The number of carbonyl (C=O) groups is 2. The van der Waals surface area contributed by atoms with E-state index in [0.717, 1.165) is 30.2 Å². The van der Waals surface area contributed by atoms with E-state index in [1.807, 2.05) is 10.8 Å². The Kier molecular flexibility index (Phi) is 3.58. The lowest BCUT2D eigenvalue weighted by Gasteiger charge is -2.33. The average molecular weight is 341 g/mol. The van der Waals surface area contributed by atoms with Crippen LogP contribution >= 0.6 is 15.9 Å². The van der Waals surface area contributed by atoms with E-state index in [-0.39, 0.29) is 5.91 Å². The number of aromatic nitrogens is 1. The molecule has 2 heterocycles. The van der Waals surface area contributed by atoms with Gasteiger partial charge in [0.25, 0.3) is 5.91 Å². The molecule has 6 heteroatoms. The molecule has 108 valence electrons. The Morgan fingerprint density at radius 1 is 1.25 bits per heavy atom. The molecule has 2 fully saturated rings. The van der Waals surface area contributed by atoms with Crippen molar-refractivity contribution in [2.24, 2.45) is 0 Å². The number of carboxylic acid groups (broad SMARTS) is 1. The summed E-state index contributed by atoms with van der Waals surface area (Å²) in [6.07, 6.45) is 6.39. The zero-order chi connectivity index (χ0) is 14.3. The van der Waals surface area contributed by atoms with Gasteiger partial charge in [0.15, 0.2) is 0 Å². The fraction of sp³-hybridized carbons (Fsp3) is 0.571. The van der Waals surface area contributed by atoms with Crippen molar-refractivity contribution in [3.8, 4) is 0 Å². The molecule has 0 bridgehead atoms. The third-order valence-electron chi connectivity index (χ3n) is 4.02. The van der Waals surface area contributed by atoms with E-state index in [9.17, 15) is 14.7 Å². The third kappa shape index (κ3) is 2.49. The first kappa shape index (κ1) is 13.7. The van der Waals surface area contributed by atoms with Crippen LogP contribution in [0, 0.1) is 0 Å². The van der Waals surface area contributed by atoms with Crippen molar-refractivity contribution in [3.05, 3.63) is 22.4 Å². The van der Waals surface area contributed by atoms with Crippen LogP contribution in [0.5, 0.6) is 0 Å². The van der Waals surface area contributed by atoms with Crippen molar-refractivity contribution in [1.29, 1.82) is 0 Å². The number of carboxylic acids is 1. The zero-order valence-electron chi connectivity index (χ0n) is 11.1. The number of nitrogens with zero attached hydrogens (tertiary/aromatic N) is 2. The van der Waals surface area contributed by atoms with Gasteiger partial charge in [0.1, 0.15) is 11.7 Å². The van der Waals surface area contributed by atoms with Crippen molar-refractivity contribution in [3.63, 3.8) is 0 Å². The second-order valence-electron chi connectivity index (χ2n) is 5.53. The van der Waals surface area contributed by atoms with E-state index in [1.54, 1.807) is 6.07 Å². The third-order valence-corrected chi connectivity index (χ3v) is 4.46. The van der Waals surface area contributed by atoms with Gasteiger partial charge >= 0.3 is 5.97 Å². The molecule has 1 atom stereocenters. The monoisotopic (exact) mass is 340 g/mol. The van der Waals surface area contributed by atoms with Crippen LogP contribution < -0.4 is 0 Å². The van der Waals surface area contributed by atoms with E-state index in [2.05, 4.69) is 15.9 Å². The molecule has 0 spiro atoms. The lowest BCUT2D eigenvalue weighted by Crippen LogP contribution is -2.48. The number of piperidine rings is 1. The van der Waals surface area contributed by atoms with Gasteiger partial charge < -0.3 is 14.6 Å². The lowest BCUT2D eigenvalue weighted by atomic mass is 10.0. The summed E-state index contributed by atoms with van der Waals surface area (Å²) in [5, 5.41) is 9.29. The average Bonchev–Trinajstić information content (AvgIpc) is 3.21. The molecule has 5 nitrogen and oxygen atoms in total. The van der Waals surface area contributed by atoms with Crippen molar-refractivity contribution in [1.82, 2.24) is 9.47 Å². The Morgan fingerprint density at radius 3 is 2.65 bits per heavy atom. The summed E-state index contributed by atoms with van der Waals surface area (Å²) in [6, 6.07) is 1.51. The Hall–Kier alpha value is -1.30. The molecule has 1 amide bonds. The summed E-state index contributed by atoms with van der Waals surface area (Å²) in [7, 11) is 0. The van der Waals surface area contributed by atoms with Crippen molar-refractivity contribution in [2.45, 2.75) is 44.2 Å². The number of hydrogen-bond donors (Lipinski definition) is 1. The van der Waals surface area contributed by atoms with Crippen LogP contribution in [0.2, 0.25) is 0 Å². The summed E-state index contributed by atoms with van der Waals surface area (Å²) >= 11 is 3.41. The molecule has 1 aromatic rings. The fourth-order valence-electron chi connectivity index (χ4n) is 2.85. The highest BCUT2D eigenvalue weighted by Gasteiger charge is 2.35. The maximum absolute atomic E-state index is 12.7. The number of hydrogen-bond acceptors (Lipinski definition) is 2. The first-order chi connectivity index (χ1) is 9.58. The number of rotatable bonds is 3. The van der Waals surface area contributed by atoms with Crippen LogP contribution in [0.1, 0.15) is 48.6 Å². The van der Waals surface area contributed by atoms with Gasteiger partial charge in [-0.25, -0.2) is 4.79 Å². The summed E-state index contributed by atoms with van der Waals surface area (Å²) in [5.41, 5.74) is 0.604. The minimum atomic E-state index is -0.901. The zero-order valence-corrected chi connectivity index (χ0v) is 12.7. The minimum absolute atomic E-state index is 0.158. The fourth-order valence-corrected chi connectivity index (χ4v) is 3.29. The SMILES string of the molecule is O=C(O)[C@H]1CCCCN1C(=O)c1cc(Br)cn1C1CC1. The smallest absolute Gasteiger partial charge is 0.326 e. The Balaban J connectivity index is 1.89. The topological polar surface area (TPSA) is 62.5 Å². The van der Waals surface area contributed by atoms with Crippen LogP contribution in [-0.2, 0) is 4.79 Å². The molecule has 0 aromatic carbocycles. The van der Waals surface area contributed by atoms with E-state index in [1.165, 1.54) is 4.90 Å². The van der Waals surface area contributed by atoms with Gasteiger partial charge in [-0.2, -0.15) is 0 Å². The second-order valence-corrected chi connectivity index (χ2v) is 6.45. The highest BCUT2D eigenvalue weighted by atomic mass is 79.9. The molecule has 3 rings (SSSR count). The largest absolute Gasteiger partial charge is 0.480 e. The van der Waals surface area contributed by atoms with Crippen LogP contribution in [0.4, 0.5) is 0 Å². The van der Waals surface area contributed by atoms with Crippen molar-refractivity contribution in [2.75, 3.05) is 6.54 Å². The minimum Gasteiger partial charge on any atom is -0.480 e. The predicted octanol–water partition coefficient (Wildman–Crippen LogP) is 2.66. The standard InChI is InChI=1S/C14H17BrN2O3/c15-9-7-12(17(8-9)10-4-5-10)13(18)16-6-2-1-3-11(16)14(19)20/h7-8,10-11H,1-6H2,(H,19,20)/t11-/m1/s1.